The summed E-state index contributed by atoms with van der Waals surface area (Å²) in [6.45, 7) is 7.89. The molecular weight excluding hydrogens is 428 g/mol. The minimum Gasteiger partial charge on any atom is -0.441 e. The highest BCUT2D eigenvalue weighted by atomic mass is 16.6. The molecule has 1 fully saturated rings. The molecule has 1 aliphatic heterocycles. The molecule has 6 nitrogen and oxygen atoms in total. The Morgan fingerprint density at radius 3 is 2.15 bits per heavy atom. The highest BCUT2D eigenvalue weighted by Crippen LogP contribution is 2.32. The summed E-state index contributed by atoms with van der Waals surface area (Å²) in [5.41, 5.74) is 3.39. The monoisotopic (exact) mass is 462 g/mol. The molecule has 2 unspecified atom stereocenters. The average molecular weight is 463 g/mol. The van der Waals surface area contributed by atoms with Crippen molar-refractivity contribution in [1.29, 1.82) is 0 Å². The van der Waals surface area contributed by atoms with Gasteiger partial charge < -0.3 is 19.3 Å². The van der Waals surface area contributed by atoms with Gasteiger partial charge in [0.05, 0.1) is 11.6 Å². The quantitative estimate of drug-likeness (QED) is 0.558. The summed E-state index contributed by atoms with van der Waals surface area (Å²) in [7, 11) is 1.73. The van der Waals surface area contributed by atoms with Gasteiger partial charge in [-0.25, -0.2) is 4.79 Å². The number of aliphatic hydroxyl groups is 1. The van der Waals surface area contributed by atoms with E-state index in [9.17, 15) is 9.59 Å². The average Bonchev–Trinajstić information content (AvgIpc) is 2.80. The first kappa shape index (κ1) is 25.2. The van der Waals surface area contributed by atoms with Gasteiger partial charge in [-0.05, 0) is 56.0 Å². The van der Waals surface area contributed by atoms with Gasteiger partial charge in [0.1, 0.15) is 6.10 Å². The number of nitrogens with zero attached hydrogens (tertiary/aromatic N) is 2. The smallest absolute Gasteiger partial charge is 0.410 e. The van der Waals surface area contributed by atoms with E-state index in [1.807, 2.05) is 67.6 Å². The predicted molar refractivity (Wildman–Crippen MR) is 134 cm³/mol. The number of ether oxygens (including phenoxy) is 1. The molecular formula is C28H34N2O4. The number of hydrogen-bond acceptors (Lipinski definition) is 4. The molecule has 0 spiro atoms. The molecule has 180 valence electrons. The van der Waals surface area contributed by atoms with Gasteiger partial charge in [-0.2, -0.15) is 0 Å². The zero-order valence-corrected chi connectivity index (χ0v) is 20.6. The van der Waals surface area contributed by atoms with Crippen molar-refractivity contribution in [2.75, 3.05) is 6.54 Å². The zero-order valence-electron chi connectivity index (χ0n) is 20.6. The Labute approximate surface area is 201 Å². The number of aromatic nitrogens is 1. The van der Waals surface area contributed by atoms with Gasteiger partial charge in [0.2, 0.25) is 0 Å². The second-order valence-electron chi connectivity index (χ2n) is 9.60. The van der Waals surface area contributed by atoms with E-state index in [0.29, 0.717) is 6.54 Å². The summed E-state index contributed by atoms with van der Waals surface area (Å²) in [4.78, 5) is 26.3. The van der Waals surface area contributed by atoms with Gasteiger partial charge in [0.25, 0.3) is 5.56 Å². The molecule has 1 aromatic heterocycles. The fourth-order valence-electron chi connectivity index (χ4n) is 3.71. The summed E-state index contributed by atoms with van der Waals surface area (Å²) >= 11 is 0. The summed E-state index contributed by atoms with van der Waals surface area (Å²) in [6, 6.07) is 21.3. The lowest BCUT2D eigenvalue weighted by molar-refractivity contribution is 0.0123. The van der Waals surface area contributed by atoms with Gasteiger partial charge in [-0.1, -0.05) is 54.6 Å². The van der Waals surface area contributed by atoms with Crippen LogP contribution in [0.4, 0.5) is 4.79 Å². The molecule has 1 N–H and O–H groups in total. The fourth-order valence-corrected chi connectivity index (χ4v) is 3.71. The largest absolute Gasteiger partial charge is 0.441 e. The first-order chi connectivity index (χ1) is 16.0. The lowest BCUT2D eigenvalue weighted by Crippen LogP contribution is -2.40. The molecule has 2 aromatic carbocycles. The Hall–Kier alpha value is -3.38. The Kier molecular flexibility index (Phi) is 7.94. The summed E-state index contributed by atoms with van der Waals surface area (Å²) in [5.74, 6) is 0. The number of carbonyl (C=O) groups excluding carboxylic acids is 1. The molecule has 1 saturated heterocycles. The van der Waals surface area contributed by atoms with Crippen molar-refractivity contribution in [2.24, 2.45) is 7.05 Å². The van der Waals surface area contributed by atoms with Crippen molar-refractivity contribution >= 4 is 6.09 Å². The summed E-state index contributed by atoms with van der Waals surface area (Å²) in [5, 5.41) is 8.52. The highest BCUT2D eigenvalue weighted by Gasteiger charge is 2.31. The van der Waals surface area contributed by atoms with Crippen LogP contribution in [0.5, 0.6) is 0 Å². The van der Waals surface area contributed by atoms with Gasteiger partial charge in [0, 0.05) is 32.3 Å². The van der Waals surface area contributed by atoms with Crippen molar-refractivity contribution in [3.05, 3.63) is 94.4 Å². The van der Waals surface area contributed by atoms with Gasteiger partial charge in [-0.3, -0.25) is 4.79 Å². The molecule has 1 amide bonds. The topological polar surface area (TPSA) is 71.8 Å². The minimum absolute atomic E-state index is 0.0380. The van der Waals surface area contributed by atoms with E-state index in [-0.39, 0.29) is 23.8 Å². The predicted octanol–water partition coefficient (Wildman–Crippen LogP) is 5.47. The van der Waals surface area contributed by atoms with E-state index >= 15 is 0 Å². The van der Waals surface area contributed by atoms with E-state index in [2.05, 4.69) is 0 Å². The van der Waals surface area contributed by atoms with Crippen LogP contribution < -0.4 is 5.56 Å². The number of carbonyl (C=O) groups is 1. The third-order valence-electron chi connectivity index (χ3n) is 5.58. The first-order valence-corrected chi connectivity index (χ1v) is 11.5. The SMILES string of the molecule is CC(C)(C)O.CC(c1ccc(-c2ccn(C)c(=O)c2)cc1)N1CCC(c2ccccc2)OC1=O. The van der Waals surface area contributed by atoms with Crippen molar-refractivity contribution < 1.29 is 14.6 Å². The van der Waals surface area contributed by atoms with Gasteiger partial charge in [0.15, 0.2) is 0 Å². The lowest BCUT2D eigenvalue weighted by atomic mass is 10.00. The number of amides is 1. The van der Waals surface area contributed by atoms with E-state index in [1.165, 1.54) is 0 Å². The molecule has 0 saturated carbocycles. The van der Waals surface area contributed by atoms with Crippen molar-refractivity contribution in [3.8, 4) is 11.1 Å². The second-order valence-corrected chi connectivity index (χ2v) is 9.60. The third-order valence-corrected chi connectivity index (χ3v) is 5.58. The number of aryl methyl sites for hydroxylation is 1. The second kappa shape index (κ2) is 10.7. The maximum Gasteiger partial charge on any atom is 0.410 e. The molecule has 0 aliphatic carbocycles. The molecule has 4 rings (SSSR count). The van der Waals surface area contributed by atoms with Crippen molar-refractivity contribution in [2.45, 2.75) is 51.9 Å². The molecule has 0 bridgehead atoms. The van der Waals surface area contributed by atoms with Crippen LogP contribution in [-0.2, 0) is 11.8 Å². The van der Waals surface area contributed by atoms with E-state index in [1.54, 1.807) is 49.5 Å². The van der Waals surface area contributed by atoms with Gasteiger partial charge in [-0.15, -0.1) is 0 Å². The van der Waals surface area contributed by atoms with E-state index < -0.39 is 5.60 Å². The van der Waals surface area contributed by atoms with Crippen LogP contribution in [0.3, 0.4) is 0 Å². The standard InChI is InChI=1S/C24H24N2O3.C4H10O/c1-17(26-15-13-22(29-24(26)28)20-6-4-3-5-7-20)18-8-10-19(11-9-18)21-12-14-25(2)23(27)16-21;1-4(2,3)5/h3-12,14,16-17,22H,13,15H2,1-2H3;5H,1-3H3. The maximum absolute atomic E-state index is 12.6. The van der Waals surface area contributed by atoms with Gasteiger partial charge >= 0.3 is 6.09 Å². The maximum atomic E-state index is 12.6. The van der Waals surface area contributed by atoms with Crippen LogP contribution in [-0.4, -0.2) is 32.8 Å². The Balaban J connectivity index is 0.000000588. The van der Waals surface area contributed by atoms with Crippen LogP contribution in [0.15, 0.2) is 77.7 Å². The number of cyclic esters (lactones) is 1. The summed E-state index contributed by atoms with van der Waals surface area (Å²) in [6.07, 6.45) is 2.07. The van der Waals surface area contributed by atoms with Crippen LogP contribution in [0, 0.1) is 0 Å². The number of hydrogen-bond donors (Lipinski definition) is 1. The molecule has 3 aromatic rings. The van der Waals surface area contributed by atoms with Crippen molar-refractivity contribution in [3.63, 3.8) is 0 Å². The third kappa shape index (κ3) is 6.81. The van der Waals surface area contributed by atoms with Crippen LogP contribution in [0.25, 0.3) is 11.1 Å². The number of benzene rings is 2. The molecule has 1 aliphatic rings. The van der Waals surface area contributed by atoms with Crippen LogP contribution in [0.2, 0.25) is 0 Å². The molecule has 34 heavy (non-hydrogen) atoms. The Morgan fingerprint density at radius 1 is 0.971 bits per heavy atom. The summed E-state index contributed by atoms with van der Waals surface area (Å²) < 4.78 is 7.24. The molecule has 6 heteroatoms. The van der Waals surface area contributed by atoms with Crippen LogP contribution in [0.1, 0.15) is 57.4 Å². The number of rotatable bonds is 4. The van der Waals surface area contributed by atoms with E-state index in [0.717, 1.165) is 28.7 Å². The zero-order chi connectivity index (χ0) is 24.9. The Morgan fingerprint density at radius 2 is 1.59 bits per heavy atom. The minimum atomic E-state index is -0.500. The van der Waals surface area contributed by atoms with Crippen molar-refractivity contribution in [1.82, 2.24) is 9.47 Å². The fraction of sp³-hybridized carbons (Fsp3) is 0.357. The normalized spacial score (nSPS) is 16.8. The molecule has 0 radical (unpaired) electrons. The first-order valence-electron chi connectivity index (χ1n) is 11.5. The molecule has 2 atom stereocenters. The molecule has 2 heterocycles. The lowest BCUT2D eigenvalue weighted by Gasteiger charge is -2.36. The van der Waals surface area contributed by atoms with Crippen LogP contribution >= 0.6 is 0 Å². The van der Waals surface area contributed by atoms with E-state index in [4.69, 9.17) is 9.84 Å². The highest BCUT2D eigenvalue weighted by molar-refractivity contribution is 5.70. The Bertz CT molecular complexity index is 1140. The number of pyridine rings is 1.